The van der Waals surface area contributed by atoms with E-state index in [4.69, 9.17) is 0 Å². The fourth-order valence-corrected chi connectivity index (χ4v) is 3.22. The summed E-state index contributed by atoms with van der Waals surface area (Å²) in [5, 5.41) is 0. The van der Waals surface area contributed by atoms with Crippen LogP contribution in [0.5, 0.6) is 0 Å². The molecule has 1 saturated heterocycles. The van der Waals surface area contributed by atoms with Gasteiger partial charge in [-0.1, -0.05) is 118 Å². The van der Waals surface area contributed by atoms with Gasteiger partial charge < -0.3 is 4.90 Å². The molecule has 1 fully saturated rings. The number of pyridine rings is 1. The highest BCUT2D eigenvalue weighted by atomic mass is 15.1. The van der Waals surface area contributed by atoms with Gasteiger partial charge in [0.25, 0.3) is 0 Å². The summed E-state index contributed by atoms with van der Waals surface area (Å²) in [7, 11) is 0. The highest BCUT2D eigenvalue weighted by Gasteiger charge is 2.18. The van der Waals surface area contributed by atoms with E-state index in [0.717, 1.165) is 23.7 Å². The Hall–Kier alpha value is -1.67. The number of nitrogens with zero attached hydrogens (tertiary/aromatic N) is 2. The van der Waals surface area contributed by atoms with Crippen LogP contribution in [0, 0.1) is 25.2 Å². The van der Waals surface area contributed by atoms with Crippen LogP contribution in [0.1, 0.15) is 117 Å². The molecule has 0 unspecified atom stereocenters. The minimum Gasteiger partial charge on any atom is -0.303 e. The van der Waals surface area contributed by atoms with E-state index in [1.54, 1.807) is 0 Å². The lowest BCUT2D eigenvalue weighted by Gasteiger charge is -2.25. The molecule has 1 aliphatic heterocycles. The maximum absolute atomic E-state index is 4.49. The lowest BCUT2D eigenvalue weighted by Crippen LogP contribution is -2.29. The number of hydrogen-bond acceptors (Lipinski definition) is 2. The van der Waals surface area contributed by atoms with Crippen LogP contribution in [-0.4, -0.2) is 29.5 Å². The van der Waals surface area contributed by atoms with Crippen molar-refractivity contribution in [2.75, 3.05) is 19.6 Å². The monoisotopic (exact) mass is 484 g/mol. The Morgan fingerprint density at radius 1 is 0.800 bits per heavy atom. The second-order valence-corrected chi connectivity index (χ2v) is 11.6. The van der Waals surface area contributed by atoms with E-state index in [0.29, 0.717) is 5.41 Å². The fourth-order valence-electron chi connectivity index (χ4n) is 3.22. The molecule has 2 heteroatoms. The summed E-state index contributed by atoms with van der Waals surface area (Å²) in [5.41, 5.74) is 5.33. The first-order valence-corrected chi connectivity index (χ1v) is 14.1. The van der Waals surface area contributed by atoms with Gasteiger partial charge >= 0.3 is 0 Å². The molecule has 3 rings (SSSR count). The Kier molecular flexibility index (Phi) is 21.9. The van der Waals surface area contributed by atoms with Crippen molar-refractivity contribution in [3.63, 3.8) is 0 Å². The van der Waals surface area contributed by atoms with Gasteiger partial charge in [-0.2, -0.15) is 0 Å². The minimum atomic E-state index is 0.490. The van der Waals surface area contributed by atoms with E-state index in [-0.39, 0.29) is 0 Å². The molecule has 0 N–H and O–H groups in total. The van der Waals surface area contributed by atoms with Crippen molar-refractivity contribution in [3.05, 3.63) is 65.0 Å². The molecule has 0 saturated carbocycles. The molecule has 0 radical (unpaired) electrons. The predicted molar refractivity (Wildman–Crippen MR) is 161 cm³/mol. The molecule has 2 heterocycles. The van der Waals surface area contributed by atoms with E-state index < -0.39 is 0 Å². The molecule has 35 heavy (non-hydrogen) atoms. The van der Waals surface area contributed by atoms with E-state index in [2.05, 4.69) is 122 Å². The van der Waals surface area contributed by atoms with E-state index in [1.807, 2.05) is 13.0 Å². The molecule has 1 aliphatic rings. The first kappa shape index (κ1) is 35.5. The van der Waals surface area contributed by atoms with Gasteiger partial charge in [0.05, 0.1) is 0 Å². The summed E-state index contributed by atoms with van der Waals surface area (Å²) in [6.45, 7) is 30.0. The molecule has 2 aromatic rings. The number of rotatable bonds is 3. The molecule has 202 valence electrons. The van der Waals surface area contributed by atoms with Crippen LogP contribution >= 0.6 is 0 Å². The third kappa shape index (κ3) is 25.2. The molecular weight excluding hydrogens is 424 g/mol. The number of aryl methyl sites for hydroxylation is 2. The van der Waals surface area contributed by atoms with Crippen molar-refractivity contribution in [2.45, 2.75) is 115 Å². The van der Waals surface area contributed by atoms with Gasteiger partial charge in [0, 0.05) is 24.4 Å². The van der Waals surface area contributed by atoms with Crippen LogP contribution in [0.25, 0.3) is 0 Å². The normalized spacial score (nSPS) is 12.7. The van der Waals surface area contributed by atoms with Crippen molar-refractivity contribution in [1.29, 1.82) is 0 Å². The number of likely N-dealkylation sites (tertiary alicyclic amines) is 1. The van der Waals surface area contributed by atoms with Gasteiger partial charge in [0.2, 0.25) is 0 Å². The zero-order valence-electron chi connectivity index (χ0n) is 25.7. The zero-order chi connectivity index (χ0) is 27.3. The maximum atomic E-state index is 4.49. The lowest BCUT2D eigenvalue weighted by molar-refractivity contribution is 0.227. The minimum absolute atomic E-state index is 0.490. The van der Waals surface area contributed by atoms with Gasteiger partial charge in [-0.05, 0) is 68.8 Å². The third-order valence-corrected chi connectivity index (χ3v) is 4.35. The van der Waals surface area contributed by atoms with Gasteiger partial charge in [0.15, 0.2) is 0 Å². The molecule has 1 aromatic heterocycles. The van der Waals surface area contributed by atoms with Crippen LogP contribution < -0.4 is 0 Å². The maximum Gasteiger partial charge on any atom is 0.0450 e. The molecule has 2 nitrogen and oxygen atoms in total. The largest absolute Gasteiger partial charge is 0.303 e. The zero-order valence-corrected chi connectivity index (χ0v) is 25.7. The van der Waals surface area contributed by atoms with Gasteiger partial charge in [0.1, 0.15) is 0 Å². The van der Waals surface area contributed by atoms with Crippen molar-refractivity contribution in [2.24, 2.45) is 11.3 Å². The summed E-state index contributed by atoms with van der Waals surface area (Å²) in [4.78, 5) is 7.06. The first-order valence-electron chi connectivity index (χ1n) is 14.1. The van der Waals surface area contributed by atoms with Crippen LogP contribution in [0.4, 0.5) is 0 Å². The smallest absolute Gasteiger partial charge is 0.0450 e. The van der Waals surface area contributed by atoms with Crippen molar-refractivity contribution in [1.82, 2.24) is 9.88 Å². The summed E-state index contributed by atoms with van der Waals surface area (Å²) in [5.74, 6) is 0.833. The highest BCUT2D eigenvalue weighted by Crippen LogP contribution is 2.18. The molecule has 0 spiro atoms. The van der Waals surface area contributed by atoms with E-state index in [9.17, 15) is 0 Å². The van der Waals surface area contributed by atoms with Crippen LogP contribution in [0.3, 0.4) is 0 Å². The highest BCUT2D eigenvalue weighted by molar-refractivity contribution is 5.25. The Bertz CT molecular complexity index is 700. The summed E-state index contributed by atoms with van der Waals surface area (Å²) in [6.07, 6.45) is 6.24. The average Bonchev–Trinajstić information content (AvgIpc) is 3.22. The van der Waals surface area contributed by atoms with Crippen molar-refractivity contribution < 1.29 is 0 Å². The summed E-state index contributed by atoms with van der Waals surface area (Å²) < 4.78 is 0. The van der Waals surface area contributed by atoms with Crippen LogP contribution in [-0.2, 0) is 6.42 Å². The second-order valence-electron chi connectivity index (χ2n) is 11.6. The molecule has 0 aliphatic carbocycles. The van der Waals surface area contributed by atoms with Crippen LogP contribution in [0.15, 0.2) is 42.5 Å². The Labute approximate surface area is 221 Å². The van der Waals surface area contributed by atoms with Crippen LogP contribution in [0.2, 0.25) is 0 Å². The average molecular weight is 485 g/mol. The van der Waals surface area contributed by atoms with E-state index >= 15 is 0 Å². The first-order chi connectivity index (χ1) is 16.4. The van der Waals surface area contributed by atoms with E-state index in [1.165, 1.54) is 56.4 Å². The lowest BCUT2D eigenvalue weighted by atomic mass is 9.96. The Balaban J connectivity index is 0. The third-order valence-electron chi connectivity index (χ3n) is 4.35. The standard InChI is InChI=1S/C14H15N.C9H19N.C4H10.2C3H8/c1-11-6-8-13(9-7-11)10-14-5-3-4-12(2)15-14;1-9(2,3)8-10-6-4-5-7-10;1-4(2)3;2*1-3-2/h3-9H,10H2,1-2H3;4-8H2,1-3H3;4H,1-3H3;2*3H2,1-2H3. The molecule has 1 aromatic carbocycles. The number of benzene rings is 1. The Morgan fingerprint density at radius 2 is 1.26 bits per heavy atom. The summed E-state index contributed by atoms with van der Waals surface area (Å²) in [6, 6.07) is 14.8. The topological polar surface area (TPSA) is 16.1 Å². The quantitative estimate of drug-likeness (QED) is 0.431. The molecule has 0 amide bonds. The molecular formula is C33H60N2. The Morgan fingerprint density at radius 3 is 1.66 bits per heavy atom. The number of hydrogen-bond donors (Lipinski definition) is 0. The van der Waals surface area contributed by atoms with Gasteiger partial charge in [-0.15, -0.1) is 0 Å². The SMILES string of the molecule is CC(C)(C)CN1CCCC1.CC(C)C.CCC.CCC.Cc1ccc(Cc2cccc(C)n2)cc1. The molecule has 0 bridgehead atoms. The van der Waals surface area contributed by atoms with Gasteiger partial charge in [-0.25, -0.2) is 0 Å². The fraction of sp³-hybridized carbons (Fsp3) is 0.667. The van der Waals surface area contributed by atoms with Crippen molar-refractivity contribution in [3.8, 4) is 0 Å². The van der Waals surface area contributed by atoms with Gasteiger partial charge in [-0.3, -0.25) is 4.98 Å². The molecule has 0 atom stereocenters. The predicted octanol–water partition coefficient (Wildman–Crippen LogP) is 9.91. The van der Waals surface area contributed by atoms with Crippen molar-refractivity contribution >= 4 is 0 Å². The summed E-state index contributed by atoms with van der Waals surface area (Å²) >= 11 is 0. The second kappa shape index (κ2) is 21.6. The number of aromatic nitrogens is 1.